The Balaban J connectivity index is 0.829. The number of carbonyl (C=O) groups is 4. The van der Waals surface area contributed by atoms with E-state index < -0.39 is 29.7 Å². The van der Waals surface area contributed by atoms with Crippen LogP contribution in [-0.4, -0.2) is 66.9 Å². The second-order valence-electron chi connectivity index (χ2n) is 13.9. The number of ether oxygens (including phenoxy) is 2. The van der Waals surface area contributed by atoms with Crippen molar-refractivity contribution in [3.05, 3.63) is 107 Å². The highest BCUT2D eigenvalue weighted by atomic mass is 16.5. The molecule has 0 radical (unpaired) electrons. The van der Waals surface area contributed by atoms with Crippen LogP contribution in [0.4, 0.5) is 5.69 Å². The minimum Gasteiger partial charge on any atom is -0.490 e. The Morgan fingerprint density at radius 2 is 1.49 bits per heavy atom. The standard InChI is InChI=1S/C39H35N7O7/c1-21-44-45-36(51-21)34-40-19-29(20-41-34)53-27-11-6-23(7-12-27)39(2,3)22-4-9-26(10-5-22)52-28-16-25(17-28)42-24-8-13-30-31(18-24)38(50)46(37(30)49)32-14-15-33(47)43-35(32)48/h4-13,18-20,25,28,32,42H,14-17H2,1-3H3,(H,43,47,48)/t25-,28-,32?. The average molecular weight is 714 g/mol. The molecule has 4 heterocycles. The molecule has 4 amide bonds. The van der Waals surface area contributed by atoms with E-state index in [4.69, 9.17) is 13.9 Å². The number of carbonyl (C=O) groups excluding carboxylic acids is 4. The molecule has 3 aromatic carbocycles. The summed E-state index contributed by atoms with van der Waals surface area (Å²) in [6.07, 6.45) is 4.89. The highest BCUT2D eigenvalue weighted by molar-refractivity contribution is 6.23. The molecule has 0 spiro atoms. The molecule has 1 aliphatic carbocycles. The van der Waals surface area contributed by atoms with Crippen molar-refractivity contribution in [2.75, 3.05) is 5.32 Å². The summed E-state index contributed by atoms with van der Waals surface area (Å²) in [7, 11) is 0. The predicted octanol–water partition coefficient (Wildman–Crippen LogP) is 5.38. The molecule has 14 nitrogen and oxygen atoms in total. The summed E-state index contributed by atoms with van der Waals surface area (Å²) < 4.78 is 17.6. The van der Waals surface area contributed by atoms with Crippen LogP contribution in [0.5, 0.6) is 17.2 Å². The molecule has 5 aromatic rings. The molecule has 2 N–H and O–H groups in total. The second-order valence-corrected chi connectivity index (χ2v) is 13.9. The Labute approximate surface area is 303 Å². The van der Waals surface area contributed by atoms with Gasteiger partial charge in [-0.25, -0.2) is 9.97 Å². The van der Waals surface area contributed by atoms with E-state index in [0.717, 1.165) is 34.6 Å². The number of imide groups is 2. The van der Waals surface area contributed by atoms with Gasteiger partial charge in [0.2, 0.25) is 23.5 Å². The largest absolute Gasteiger partial charge is 0.490 e. The number of nitrogens with one attached hydrogen (secondary N) is 2. The van der Waals surface area contributed by atoms with Gasteiger partial charge in [-0.15, -0.1) is 10.2 Å². The average Bonchev–Trinajstić information content (AvgIpc) is 3.68. The minimum absolute atomic E-state index is 0.0316. The van der Waals surface area contributed by atoms with Gasteiger partial charge < -0.3 is 19.2 Å². The Morgan fingerprint density at radius 3 is 2.13 bits per heavy atom. The highest BCUT2D eigenvalue weighted by Gasteiger charge is 2.45. The fourth-order valence-corrected chi connectivity index (χ4v) is 6.83. The van der Waals surface area contributed by atoms with E-state index in [0.29, 0.717) is 28.9 Å². The minimum atomic E-state index is -0.991. The first kappa shape index (κ1) is 33.7. The first-order valence-corrected chi connectivity index (χ1v) is 17.3. The zero-order chi connectivity index (χ0) is 36.9. The van der Waals surface area contributed by atoms with Crippen molar-refractivity contribution in [1.82, 2.24) is 30.4 Å². The lowest BCUT2D eigenvalue weighted by Crippen LogP contribution is -2.54. The number of aryl methyl sites for hydroxylation is 1. The summed E-state index contributed by atoms with van der Waals surface area (Å²) in [4.78, 5) is 59.6. The number of fused-ring (bicyclic) bond motifs is 1. The maximum absolute atomic E-state index is 13.2. The molecule has 53 heavy (non-hydrogen) atoms. The number of amides is 4. The molecule has 8 rings (SSSR count). The van der Waals surface area contributed by atoms with E-state index >= 15 is 0 Å². The van der Waals surface area contributed by atoms with E-state index in [-0.39, 0.29) is 47.4 Å². The van der Waals surface area contributed by atoms with Gasteiger partial charge in [-0.2, -0.15) is 0 Å². The van der Waals surface area contributed by atoms with E-state index in [1.165, 1.54) is 0 Å². The van der Waals surface area contributed by atoms with Crippen LogP contribution in [0.1, 0.15) is 77.3 Å². The van der Waals surface area contributed by atoms with Crippen LogP contribution in [0.25, 0.3) is 11.7 Å². The van der Waals surface area contributed by atoms with Crippen molar-refractivity contribution >= 4 is 29.3 Å². The fourth-order valence-electron chi connectivity index (χ4n) is 6.83. The van der Waals surface area contributed by atoms with Crippen LogP contribution in [0, 0.1) is 6.92 Å². The number of anilines is 1. The van der Waals surface area contributed by atoms with Gasteiger partial charge in [0, 0.05) is 43.3 Å². The van der Waals surface area contributed by atoms with Crippen LogP contribution in [0.3, 0.4) is 0 Å². The van der Waals surface area contributed by atoms with E-state index in [9.17, 15) is 19.2 Å². The summed E-state index contributed by atoms with van der Waals surface area (Å²) in [5.74, 6) is 0.868. The van der Waals surface area contributed by atoms with Gasteiger partial charge in [-0.3, -0.25) is 29.4 Å². The molecular weight excluding hydrogens is 678 g/mol. The van der Waals surface area contributed by atoms with Gasteiger partial charge >= 0.3 is 0 Å². The van der Waals surface area contributed by atoms with Crippen molar-refractivity contribution in [3.63, 3.8) is 0 Å². The number of hydrogen-bond acceptors (Lipinski definition) is 12. The van der Waals surface area contributed by atoms with Crippen molar-refractivity contribution < 1.29 is 33.1 Å². The molecule has 268 valence electrons. The lowest BCUT2D eigenvalue weighted by Gasteiger charge is -2.36. The normalized spacial score (nSPS) is 19.8. The number of benzene rings is 3. The van der Waals surface area contributed by atoms with Gasteiger partial charge in [-0.1, -0.05) is 38.1 Å². The van der Waals surface area contributed by atoms with Crippen LogP contribution in [-0.2, 0) is 15.0 Å². The first-order chi connectivity index (χ1) is 25.5. The van der Waals surface area contributed by atoms with Gasteiger partial charge in [0.05, 0.1) is 23.5 Å². The monoisotopic (exact) mass is 713 g/mol. The third-order valence-corrected chi connectivity index (χ3v) is 9.94. The smallest absolute Gasteiger partial charge is 0.285 e. The third-order valence-electron chi connectivity index (χ3n) is 9.94. The fraction of sp³-hybridized carbons (Fsp3) is 0.282. The number of aromatic nitrogens is 4. The first-order valence-electron chi connectivity index (χ1n) is 17.3. The molecule has 1 unspecified atom stereocenters. The van der Waals surface area contributed by atoms with Crippen molar-refractivity contribution in [3.8, 4) is 29.0 Å². The van der Waals surface area contributed by atoms with Crippen molar-refractivity contribution in [2.45, 2.75) is 70.1 Å². The summed E-state index contributed by atoms with van der Waals surface area (Å²) >= 11 is 0. The van der Waals surface area contributed by atoms with Crippen LogP contribution in [0.15, 0.2) is 83.5 Å². The molecule has 2 aromatic heterocycles. The van der Waals surface area contributed by atoms with Gasteiger partial charge in [-0.05, 0) is 60.0 Å². The third kappa shape index (κ3) is 6.59. The number of nitrogens with zero attached hydrogens (tertiary/aromatic N) is 5. The molecule has 2 fully saturated rings. The summed E-state index contributed by atoms with van der Waals surface area (Å²) in [5.41, 5.74) is 3.18. The van der Waals surface area contributed by atoms with Gasteiger partial charge in [0.25, 0.3) is 17.7 Å². The summed E-state index contributed by atoms with van der Waals surface area (Å²) in [5, 5.41) is 13.4. The van der Waals surface area contributed by atoms with E-state index in [1.54, 1.807) is 37.5 Å². The van der Waals surface area contributed by atoms with E-state index in [2.05, 4.69) is 56.8 Å². The number of hydrogen-bond donors (Lipinski definition) is 2. The number of piperidine rings is 1. The molecular formula is C39H35N7O7. The highest BCUT2D eigenvalue weighted by Crippen LogP contribution is 2.36. The summed E-state index contributed by atoms with van der Waals surface area (Å²) in [6, 6.07) is 20.2. The maximum Gasteiger partial charge on any atom is 0.285 e. The molecule has 1 saturated carbocycles. The van der Waals surface area contributed by atoms with Crippen LogP contribution in [0.2, 0.25) is 0 Å². The Hall–Kier alpha value is -6.44. The SMILES string of the molecule is Cc1nnc(-c2ncc(Oc3ccc(C(C)(C)c4ccc(O[C@H]5C[C@H](Nc6ccc7c(c6)C(=O)N(C6CCC(=O)NC6=O)C7=O)C5)cc4)cc3)cn2)o1. The molecule has 1 atom stereocenters. The Kier molecular flexibility index (Phi) is 8.44. The lowest BCUT2D eigenvalue weighted by molar-refractivity contribution is -0.136. The van der Waals surface area contributed by atoms with Crippen LogP contribution >= 0.6 is 0 Å². The van der Waals surface area contributed by atoms with Crippen molar-refractivity contribution in [2.24, 2.45) is 0 Å². The zero-order valence-corrected chi connectivity index (χ0v) is 29.2. The molecule has 14 heteroatoms. The number of rotatable bonds is 10. The summed E-state index contributed by atoms with van der Waals surface area (Å²) in [6.45, 7) is 6.04. The van der Waals surface area contributed by atoms with Crippen LogP contribution < -0.4 is 20.1 Å². The molecule has 3 aliphatic rings. The maximum atomic E-state index is 13.2. The lowest BCUT2D eigenvalue weighted by atomic mass is 9.78. The molecule has 1 saturated heterocycles. The van der Waals surface area contributed by atoms with Gasteiger partial charge in [0.1, 0.15) is 23.6 Å². The predicted molar refractivity (Wildman–Crippen MR) is 189 cm³/mol. The van der Waals surface area contributed by atoms with E-state index in [1.807, 2.05) is 36.4 Å². The second kappa shape index (κ2) is 13.3. The Bertz CT molecular complexity index is 2230. The molecule has 2 aliphatic heterocycles. The quantitative estimate of drug-likeness (QED) is 0.177. The van der Waals surface area contributed by atoms with Crippen molar-refractivity contribution in [1.29, 1.82) is 0 Å². The Morgan fingerprint density at radius 1 is 0.830 bits per heavy atom. The zero-order valence-electron chi connectivity index (χ0n) is 29.2. The van der Waals surface area contributed by atoms with Gasteiger partial charge in [0.15, 0.2) is 5.75 Å². The molecule has 0 bridgehead atoms. The topological polar surface area (TPSA) is 179 Å².